The van der Waals surface area contributed by atoms with Gasteiger partial charge in [0.2, 0.25) is 0 Å². The van der Waals surface area contributed by atoms with Crippen LogP contribution in [0.15, 0.2) is 44.9 Å². The van der Waals surface area contributed by atoms with Crippen molar-refractivity contribution < 1.29 is 0 Å². The Morgan fingerprint density at radius 3 is 2.64 bits per heavy atom. The van der Waals surface area contributed by atoms with E-state index >= 15 is 0 Å². The molecule has 1 aliphatic heterocycles. The van der Waals surface area contributed by atoms with E-state index in [0.717, 1.165) is 46.2 Å². The summed E-state index contributed by atoms with van der Waals surface area (Å²) in [5.41, 5.74) is 4.20. The predicted octanol–water partition coefficient (Wildman–Crippen LogP) is 4.20. The summed E-state index contributed by atoms with van der Waals surface area (Å²) in [5, 5.41) is 6.50. The first-order chi connectivity index (χ1) is 17.3. The van der Waals surface area contributed by atoms with Crippen LogP contribution in [-0.2, 0) is 12.1 Å². The van der Waals surface area contributed by atoms with E-state index in [1.807, 2.05) is 46.0 Å². The second-order valence-electron chi connectivity index (χ2n) is 10.1. The molecule has 5 rings (SSSR count). The van der Waals surface area contributed by atoms with E-state index < -0.39 is 5.54 Å². The SMILES string of the molecule is CCSc1ccc(CNc2nc3cnc(C4=C(C)NCN=C4C4CC4)nc3n(C(C)(C)C)c2=O)nc1. The van der Waals surface area contributed by atoms with E-state index in [0.29, 0.717) is 36.1 Å². The Labute approximate surface area is 215 Å². The smallest absolute Gasteiger partial charge is 0.295 e. The van der Waals surface area contributed by atoms with E-state index in [1.54, 1.807) is 22.5 Å². The number of fused-ring (bicyclic) bond motifs is 1. The zero-order chi connectivity index (χ0) is 25.4. The van der Waals surface area contributed by atoms with Crippen LogP contribution in [-0.4, -0.2) is 42.6 Å². The van der Waals surface area contributed by atoms with E-state index in [-0.39, 0.29) is 11.4 Å². The summed E-state index contributed by atoms with van der Waals surface area (Å²) in [6.07, 6.45) is 5.85. The maximum atomic E-state index is 13.6. The zero-order valence-electron chi connectivity index (χ0n) is 21.4. The summed E-state index contributed by atoms with van der Waals surface area (Å²) in [5.74, 6) is 2.30. The minimum absolute atomic E-state index is 0.221. The Balaban J connectivity index is 1.53. The minimum atomic E-state index is -0.515. The van der Waals surface area contributed by atoms with Crippen LogP contribution in [0.25, 0.3) is 16.7 Å². The Morgan fingerprint density at radius 1 is 1.17 bits per heavy atom. The summed E-state index contributed by atoms with van der Waals surface area (Å²) in [4.78, 5) is 38.2. The lowest BCUT2D eigenvalue weighted by Crippen LogP contribution is -2.37. The van der Waals surface area contributed by atoms with Gasteiger partial charge in [-0.3, -0.25) is 19.3 Å². The van der Waals surface area contributed by atoms with Crippen LogP contribution in [0.5, 0.6) is 0 Å². The topological polar surface area (TPSA) is 110 Å². The molecule has 36 heavy (non-hydrogen) atoms. The lowest BCUT2D eigenvalue weighted by Gasteiger charge is -2.25. The summed E-state index contributed by atoms with van der Waals surface area (Å²) < 4.78 is 1.71. The Kier molecular flexibility index (Phi) is 6.55. The average Bonchev–Trinajstić information content (AvgIpc) is 3.68. The van der Waals surface area contributed by atoms with Crippen molar-refractivity contribution in [2.24, 2.45) is 10.9 Å². The minimum Gasteiger partial charge on any atom is -0.369 e. The van der Waals surface area contributed by atoms with Gasteiger partial charge in [-0.2, -0.15) is 0 Å². The molecule has 3 aromatic heterocycles. The number of thioether (sulfide) groups is 1. The predicted molar refractivity (Wildman–Crippen MR) is 145 cm³/mol. The van der Waals surface area contributed by atoms with Gasteiger partial charge in [0.15, 0.2) is 17.3 Å². The molecule has 2 N–H and O–H groups in total. The first-order valence-corrected chi connectivity index (χ1v) is 13.4. The van der Waals surface area contributed by atoms with E-state index in [1.165, 1.54) is 0 Å². The van der Waals surface area contributed by atoms with Crippen LogP contribution in [0.2, 0.25) is 0 Å². The molecule has 0 amide bonds. The zero-order valence-corrected chi connectivity index (χ0v) is 22.2. The Morgan fingerprint density at radius 2 is 1.97 bits per heavy atom. The van der Waals surface area contributed by atoms with Crippen LogP contribution in [0.1, 0.15) is 59.0 Å². The normalized spacial score (nSPS) is 16.2. The molecule has 0 radical (unpaired) electrons. The number of aromatic nitrogens is 5. The van der Waals surface area contributed by atoms with Gasteiger partial charge in [0.1, 0.15) is 12.2 Å². The number of pyridine rings is 1. The van der Waals surface area contributed by atoms with Gasteiger partial charge in [-0.05, 0) is 58.4 Å². The second kappa shape index (κ2) is 9.65. The molecule has 1 aliphatic carbocycles. The number of nitrogens with one attached hydrogen (secondary N) is 2. The van der Waals surface area contributed by atoms with E-state index in [2.05, 4.69) is 32.5 Å². The average molecular weight is 505 g/mol. The fourth-order valence-electron chi connectivity index (χ4n) is 4.36. The summed E-state index contributed by atoms with van der Waals surface area (Å²) in [7, 11) is 0. The third-order valence-corrected chi connectivity index (χ3v) is 7.09. The molecule has 1 fully saturated rings. The van der Waals surface area contributed by atoms with Gasteiger partial charge in [0.05, 0.1) is 29.7 Å². The molecule has 2 aliphatic rings. The lowest BCUT2D eigenvalue weighted by atomic mass is 10.0. The van der Waals surface area contributed by atoms with Crippen molar-refractivity contribution >= 4 is 40.0 Å². The number of hydrogen-bond acceptors (Lipinski definition) is 9. The fourth-order valence-corrected chi connectivity index (χ4v) is 4.98. The third-order valence-electron chi connectivity index (χ3n) is 6.23. The fraction of sp³-hybridized carbons (Fsp3) is 0.462. The van der Waals surface area contributed by atoms with Crippen LogP contribution in [0.4, 0.5) is 5.82 Å². The van der Waals surface area contributed by atoms with Crippen LogP contribution < -0.4 is 16.2 Å². The number of allylic oxidation sites excluding steroid dienone is 2. The number of nitrogens with zero attached hydrogens (tertiary/aromatic N) is 6. The maximum absolute atomic E-state index is 13.6. The molecule has 9 nitrogen and oxygen atoms in total. The highest BCUT2D eigenvalue weighted by Gasteiger charge is 2.34. The van der Waals surface area contributed by atoms with Crippen molar-refractivity contribution in [1.29, 1.82) is 0 Å². The standard InChI is InChI=1S/C26H32N8OS/c1-6-36-18-10-9-17(27-12-18)11-28-23-25(35)34(26(3,4)5)24-19(32-23)13-29-22(33-24)20-15(2)30-14-31-21(20)16-7-8-16/h9-10,12-13,16,30H,6-8,11,14H2,1-5H3,(H,28,32). The van der Waals surface area contributed by atoms with Crippen molar-refractivity contribution in [3.63, 3.8) is 0 Å². The van der Waals surface area contributed by atoms with Gasteiger partial charge in [-0.25, -0.2) is 15.0 Å². The molecule has 1 saturated carbocycles. The Hall–Kier alpha value is -3.27. The largest absolute Gasteiger partial charge is 0.369 e. The molecular formula is C26H32N8OS. The van der Waals surface area contributed by atoms with Gasteiger partial charge in [-0.15, -0.1) is 11.8 Å². The number of hydrogen-bond donors (Lipinski definition) is 2. The van der Waals surface area contributed by atoms with Crippen LogP contribution in [0, 0.1) is 5.92 Å². The van der Waals surface area contributed by atoms with Crippen LogP contribution >= 0.6 is 11.8 Å². The van der Waals surface area contributed by atoms with E-state index in [4.69, 9.17) is 9.98 Å². The highest BCUT2D eigenvalue weighted by Crippen LogP contribution is 2.37. The molecule has 10 heteroatoms. The van der Waals surface area contributed by atoms with Crippen LogP contribution in [0.3, 0.4) is 0 Å². The molecule has 0 bridgehead atoms. The number of aliphatic imine (C=N–C) groups is 1. The van der Waals surface area contributed by atoms with Gasteiger partial charge in [0, 0.05) is 28.2 Å². The number of rotatable bonds is 7. The molecule has 3 aromatic rings. The molecule has 0 atom stereocenters. The first kappa shape index (κ1) is 24.4. The first-order valence-electron chi connectivity index (χ1n) is 12.4. The van der Waals surface area contributed by atoms with Gasteiger partial charge in [-0.1, -0.05) is 6.92 Å². The lowest BCUT2D eigenvalue weighted by molar-refractivity contribution is 0.395. The number of anilines is 1. The molecule has 0 aromatic carbocycles. The summed E-state index contributed by atoms with van der Waals surface area (Å²) in [6, 6.07) is 4.02. The van der Waals surface area contributed by atoms with Crippen molar-refractivity contribution in [3.05, 3.63) is 52.1 Å². The van der Waals surface area contributed by atoms with Crippen molar-refractivity contribution in [3.8, 4) is 0 Å². The summed E-state index contributed by atoms with van der Waals surface area (Å²) in [6.45, 7) is 11.1. The van der Waals surface area contributed by atoms with Gasteiger partial charge >= 0.3 is 0 Å². The monoisotopic (exact) mass is 504 g/mol. The molecule has 0 spiro atoms. The third kappa shape index (κ3) is 4.86. The quantitative estimate of drug-likeness (QED) is 0.461. The Bertz CT molecular complexity index is 1410. The van der Waals surface area contributed by atoms with Gasteiger partial charge in [0.25, 0.3) is 5.56 Å². The van der Waals surface area contributed by atoms with Crippen molar-refractivity contribution in [2.45, 2.75) is 64.4 Å². The van der Waals surface area contributed by atoms with Crippen molar-refractivity contribution in [2.75, 3.05) is 17.7 Å². The van der Waals surface area contributed by atoms with Gasteiger partial charge < -0.3 is 10.6 Å². The maximum Gasteiger partial charge on any atom is 0.295 e. The molecule has 0 saturated heterocycles. The molecule has 4 heterocycles. The van der Waals surface area contributed by atoms with E-state index in [9.17, 15) is 4.79 Å². The van der Waals surface area contributed by atoms with Crippen molar-refractivity contribution in [1.82, 2.24) is 29.8 Å². The summed E-state index contributed by atoms with van der Waals surface area (Å²) >= 11 is 1.75. The molecular weight excluding hydrogens is 472 g/mol. The second-order valence-corrected chi connectivity index (χ2v) is 11.4. The molecule has 0 unspecified atom stereocenters. The molecule has 188 valence electrons. The highest BCUT2D eigenvalue weighted by atomic mass is 32.2. The highest BCUT2D eigenvalue weighted by molar-refractivity contribution is 7.99.